The van der Waals surface area contributed by atoms with Crippen molar-refractivity contribution in [1.29, 1.82) is 0 Å². The average molecular weight is 760 g/mol. The van der Waals surface area contributed by atoms with E-state index in [4.69, 9.17) is 16.3 Å². The molecule has 53 heavy (non-hydrogen) atoms. The maximum absolute atomic E-state index is 15.1. The van der Waals surface area contributed by atoms with Crippen molar-refractivity contribution in [3.8, 4) is 22.5 Å². The van der Waals surface area contributed by atoms with Crippen molar-refractivity contribution < 1.29 is 41.1 Å². The molecule has 2 amide bonds. The standard InChI is InChI=1S/C36H35ClF5N7O4/c1-34(2,3)19-35(24-9-6-21(7-10-24)23-16-45-48(17-23)32(38)39)31(52)49(33(47-35)46-30(51)36(40,41)42)27(18-53-28(50)14-20-4-5-20)22-8-11-26(37)25(15-22)29-43-12-13-44-29/h6-13,15-17,20,27,32H,4-5,14,18-19H2,1-3H3,(H,43,44)(H,46,47,51)/t27-,35-/m1/s1. The molecule has 1 saturated carbocycles. The Balaban J connectivity index is 1.48. The van der Waals surface area contributed by atoms with E-state index in [1.165, 1.54) is 36.7 Å². The molecule has 0 saturated heterocycles. The fraction of sp³-hybridized carbons (Fsp3) is 0.389. The zero-order chi connectivity index (χ0) is 38.3. The van der Waals surface area contributed by atoms with E-state index in [0.717, 1.165) is 23.9 Å². The molecular weight excluding hydrogens is 725 g/mol. The summed E-state index contributed by atoms with van der Waals surface area (Å²) < 4.78 is 74.0. The Morgan fingerprint density at radius 1 is 1.09 bits per heavy atom. The number of imidazole rings is 1. The number of amides is 2. The number of halogens is 6. The van der Waals surface area contributed by atoms with Gasteiger partial charge in [0.2, 0.25) is 5.96 Å². The number of carbonyl (C=O) groups excluding carboxylic acids is 3. The molecular formula is C36H35ClF5N7O4. The third-order valence-corrected chi connectivity index (χ3v) is 9.19. The summed E-state index contributed by atoms with van der Waals surface area (Å²) in [5, 5.41) is 5.74. The highest BCUT2D eigenvalue weighted by atomic mass is 35.5. The van der Waals surface area contributed by atoms with Gasteiger partial charge in [0.25, 0.3) is 5.91 Å². The molecule has 2 N–H and O–H groups in total. The molecule has 1 aliphatic heterocycles. The van der Waals surface area contributed by atoms with Crippen molar-refractivity contribution in [3.05, 3.63) is 83.4 Å². The molecule has 280 valence electrons. The van der Waals surface area contributed by atoms with Gasteiger partial charge in [-0.05, 0) is 59.4 Å². The smallest absolute Gasteiger partial charge is 0.463 e. The van der Waals surface area contributed by atoms with E-state index in [0.29, 0.717) is 32.8 Å². The van der Waals surface area contributed by atoms with E-state index in [2.05, 4.69) is 20.1 Å². The Morgan fingerprint density at radius 3 is 2.40 bits per heavy atom. The molecule has 11 nitrogen and oxygen atoms in total. The summed E-state index contributed by atoms with van der Waals surface area (Å²) in [6.45, 7) is 2.07. The lowest BCUT2D eigenvalue weighted by Gasteiger charge is -2.35. The first-order valence-electron chi connectivity index (χ1n) is 16.6. The van der Waals surface area contributed by atoms with Crippen molar-refractivity contribution in [2.24, 2.45) is 16.3 Å². The normalized spacial score (nSPS) is 18.3. The van der Waals surface area contributed by atoms with Gasteiger partial charge in [0.05, 0.1) is 17.3 Å². The number of guanidine groups is 1. The Labute approximate surface area is 305 Å². The lowest BCUT2D eigenvalue weighted by Crippen LogP contribution is -2.51. The van der Waals surface area contributed by atoms with Crippen molar-refractivity contribution in [2.75, 3.05) is 6.61 Å². The lowest BCUT2D eigenvalue weighted by atomic mass is 9.75. The van der Waals surface area contributed by atoms with Crippen LogP contribution in [-0.2, 0) is 24.7 Å². The van der Waals surface area contributed by atoms with E-state index in [1.54, 1.807) is 24.4 Å². The fourth-order valence-electron chi connectivity index (χ4n) is 6.29. The first-order valence-corrected chi connectivity index (χ1v) is 17.0. The van der Waals surface area contributed by atoms with E-state index in [9.17, 15) is 31.5 Å². The molecule has 0 spiro atoms. The Hall–Kier alpha value is -5.12. The number of aliphatic imine (C=N–C) groups is 1. The molecule has 17 heteroatoms. The van der Waals surface area contributed by atoms with Crippen molar-refractivity contribution >= 4 is 35.3 Å². The second-order valence-corrected chi connectivity index (χ2v) is 14.7. The minimum atomic E-state index is -5.35. The highest BCUT2D eigenvalue weighted by molar-refractivity contribution is 6.33. The summed E-state index contributed by atoms with van der Waals surface area (Å²) in [5.41, 5.74) is -0.823. The fourth-order valence-corrected chi connectivity index (χ4v) is 6.49. The lowest BCUT2D eigenvalue weighted by molar-refractivity contribution is -0.172. The maximum atomic E-state index is 15.1. The molecule has 1 fully saturated rings. The number of nitrogens with zero attached hydrogens (tertiary/aromatic N) is 5. The summed E-state index contributed by atoms with van der Waals surface area (Å²) in [4.78, 5) is 53.2. The quantitative estimate of drug-likeness (QED) is 0.120. The Bertz CT molecular complexity index is 2020. The number of ether oxygens (including phenoxy) is 1. The third-order valence-electron chi connectivity index (χ3n) is 8.86. The molecule has 0 radical (unpaired) electrons. The summed E-state index contributed by atoms with van der Waals surface area (Å²) in [6.07, 6.45) is 1.89. The highest BCUT2D eigenvalue weighted by Crippen LogP contribution is 2.46. The van der Waals surface area contributed by atoms with Crippen LogP contribution in [0, 0.1) is 11.3 Å². The number of aromatic amines is 1. The van der Waals surface area contributed by atoms with Crippen LogP contribution in [0.1, 0.15) is 70.2 Å². The minimum absolute atomic E-state index is 0.0458. The van der Waals surface area contributed by atoms with Gasteiger partial charge in [0, 0.05) is 36.1 Å². The number of hydrogen-bond acceptors (Lipinski definition) is 7. The molecule has 2 aliphatic rings. The highest BCUT2D eigenvalue weighted by Gasteiger charge is 2.55. The maximum Gasteiger partial charge on any atom is 0.471 e. The Kier molecular flexibility index (Phi) is 10.2. The summed E-state index contributed by atoms with van der Waals surface area (Å²) in [6, 6.07) is 9.46. The van der Waals surface area contributed by atoms with Crippen LogP contribution in [0.5, 0.6) is 0 Å². The second kappa shape index (κ2) is 14.4. The summed E-state index contributed by atoms with van der Waals surface area (Å²) in [5.74, 6) is -3.93. The van der Waals surface area contributed by atoms with Gasteiger partial charge in [-0.3, -0.25) is 24.6 Å². The van der Waals surface area contributed by atoms with Crippen LogP contribution in [0.4, 0.5) is 22.0 Å². The molecule has 2 aromatic heterocycles. The van der Waals surface area contributed by atoms with Crippen LogP contribution in [0.25, 0.3) is 22.5 Å². The van der Waals surface area contributed by atoms with Crippen molar-refractivity contribution in [1.82, 2.24) is 30.0 Å². The molecule has 6 rings (SSSR count). The molecule has 2 aromatic carbocycles. The first kappa shape index (κ1) is 37.6. The number of hydrogen-bond donors (Lipinski definition) is 2. The number of carbonyl (C=O) groups is 3. The van der Waals surface area contributed by atoms with Crippen LogP contribution < -0.4 is 5.32 Å². The summed E-state index contributed by atoms with van der Waals surface area (Å²) in [7, 11) is 0. The monoisotopic (exact) mass is 759 g/mol. The van der Waals surface area contributed by atoms with Crippen LogP contribution >= 0.6 is 11.6 Å². The largest absolute Gasteiger partial charge is 0.471 e. The van der Waals surface area contributed by atoms with E-state index in [1.807, 2.05) is 26.1 Å². The molecule has 4 aromatic rings. The number of aromatic nitrogens is 4. The first-order chi connectivity index (χ1) is 24.9. The summed E-state index contributed by atoms with van der Waals surface area (Å²) >= 11 is 6.52. The van der Waals surface area contributed by atoms with Crippen LogP contribution in [0.3, 0.4) is 0 Å². The second-order valence-electron chi connectivity index (χ2n) is 14.2. The van der Waals surface area contributed by atoms with E-state index >= 15 is 4.79 Å². The molecule has 2 atom stereocenters. The Morgan fingerprint density at radius 2 is 1.81 bits per heavy atom. The van der Waals surface area contributed by atoms with E-state index in [-0.39, 0.29) is 29.3 Å². The van der Waals surface area contributed by atoms with Crippen molar-refractivity contribution in [2.45, 2.75) is 70.8 Å². The van der Waals surface area contributed by atoms with Gasteiger partial charge >= 0.3 is 24.6 Å². The van der Waals surface area contributed by atoms with Gasteiger partial charge in [-0.25, -0.2) is 14.7 Å². The average Bonchev–Trinajstić information content (AvgIpc) is 3.44. The number of esters is 1. The number of nitrogens with one attached hydrogen (secondary N) is 2. The van der Waals surface area contributed by atoms with Gasteiger partial charge in [-0.15, -0.1) is 0 Å². The topological polar surface area (TPSA) is 135 Å². The van der Waals surface area contributed by atoms with Gasteiger partial charge in [0.15, 0.2) is 5.54 Å². The number of benzene rings is 2. The van der Waals surface area contributed by atoms with Gasteiger partial charge in [0.1, 0.15) is 12.4 Å². The molecule has 1 aliphatic carbocycles. The predicted octanol–water partition coefficient (Wildman–Crippen LogP) is 7.58. The van der Waals surface area contributed by atoms with Crippen LogP contribution in [0.15, 0.2) is 72.2 Å². The molecule has 0 bridgehead atoms. The van der Waals surface area contributed by atoms with Crippen molar-refractivity contribution in [3.63, 3.8) is 0 Å². The SMILES string of the molecule is CC(C)(C)C[C@]1(c2ccc(-c3cnn(C(F)F)c3)cc2)N=C(NC(=O)C(F)(F)F)N([C@H](COC(=O)CC2CC2)c2ccc(Cl)c(-c3ncc[nH]3)c2)C1=O. The van der Waals surface area contributed by atoms with Crippen LogP contribution in [0.2, 0.25) is 5.02 Å². The number of H-pyrrole nitrogens is 1. The van der Waals surface area contributed by atoms with Gasteiger partial charge in [-0.1, -0.05) is 62.7 Å². The zero-order valence-electron chi connectivity index (χ0n) is 28.8. The number of rotatable bonds is 11. The predicted molar refractivity (Wildman–Crippen MR) is 183 cm³/mol. The molecule has 3 heterocycles. The van der Waals surface area contributed by atoms with Gasteiger partial charge < -0.3 is 9.72 Å². The zero-order valence-corrected chi connectivity index (χ0v) is 29.5. The van der Waals surface area contributed by atoms with E-state index < -0.39 is 60.1 Å². The molecule has 0 unspecified atom stereocenters. The van der Waals surface area contributed by atoms with Crippen LogP contribution in [-0.4, -0.2) is 61.2 Å². The minimum Gasteiger partial charge on any atom is -0.463 e. The number of alkyl halides is 5. The third kappa shape index (κ3) is 8.27. The van der Waals surface area contributed by atoms with Gasteiger partial charge in [-0.2, -0.15) is 27.1 Å².